The largest absolute Gasteiger partial charge is 0.497 e. The van der Waals surface area contributed by atoms with Gasteiger partial charge in [0.05, 0.1) is 18.1 Å². The third-order valence-electron chi connectivity index (χ3n) is 5.86. The molecule has 4 aromatic rings. The number of aliphatic carboxylic acids is 1. The molecule has 37 heavy (non-hydrogen) atoms. The van der Waals surface area contributed by atoms with E-state index in [0.29, 0.717) is 23.6 Å². The number of imidazole rings is 1. The summed E-state index contributed by atoms with van der Waals surface area (Å²) in [6, 6.07) is 18.4. The lowest BCUT2D eigenvalue weighted by Crippen LogP contribution is -2.06. The summed E-state index contributed by atoms with van der Waals surface area (Å²) in [6.45, 7) is 1.97. The number of anilines is 1. The number of methoxy groups -OCH3 is 1. The number of rotatable bonds is 11. The van der Waals surface area contributed by atoms with Crippen LogP contribution in [0.15, 0.2) is 60.7 Å². The Labute approximate surface area is 214 Å². The summed E-state index contributed by atoms with van der Waals surface area (Å²) in [5.41, 5.74) is 4.17. The van der Waals surface area contributed by atoms with E-state index in [0.717, 1.165) is 33.7 Å². The number of hydrogen-bond acceptors (Lipinski definition) is 6. The number of amides is 1. The van der Waals surface area contributed by atoms with Crippen molar-refractivity contribution in [2.45, 2.75) is 33.0 Å². The van der Waals surface area contributed by atoms with Gasteiger partial charge >= 0.3 is 5.97 Å². The number of carbonyl (C=O) groups is 2. The Hall–Kier alpha value is -4.53. The van der Waals surface area contributed by atoms with Crippen LogP contribution in [0, 0.1) is 0 Å². The van der Waals surface area contributed by atoms with Gasteiger partial charge in [0.25, 0.3) is 0 Å². The van der Waals surface area contributed by atoms with E-state index in [1.165, 1.54) is 6.92 Å². The van der Waals surface area contributed by atoms with E-state index in [1.54, 1.807) is 31.4 Å². The average molecular weight is 504 g/mol. The maximum Gasteiger partial charge on any atom is 0.303 e. The zero-order valence-corrected chi connectivity index (χ0v) is 21.0. The van der Waals surface area contributed by atoms with E-state index < -0.39 is 5.97 Å². The highest BCUT2D eigenvalue weighted by atomic mass is 16.5. The molecular weight excluding hydrogens is 474 g/mol. The number of fused-ring (bicyclic) bond motifs is 1. The number of ether oxygens (including phenoxy) is 3. The maximum atomic E-state index is 11.2. The number of hydrogen-bond donors (Lipinski definition) is 2. The molecular formula is C28H29N3O6. The zero-order valence-electron chi connectivity index (χ0n) is 21.0. The Bertz CT molecular complexity index is 1410. The first kappa shape index (κ1) is 25.6. The van der Waals surface area contributed by atoms with Crippen molar-refractivity contribution in [3.8, 4) is 17.2 Å². The van der Waals surface area contributed by atoms with Gasteiger partial charge in [0.15, 0.2) is 0 Å². The summed E-state index contributed by atoms with van der Waals surface area (Å²) >= 11 is 0. The van der Waals surface area contributed by atoms with Gasteiger partial charge in [0, 0.05) is 38.2 Å². The molecule has 192 valence electrons. The van der Waals surface area contributed by atoms with E-state index >= 15 is 0 Å². The highest BCUT2D eigenvalue weighted by molar-refractivity contribution is 5.88. The number of nitrogens with one attached hydrogen (secondary N) is 1. The van der Waals surface area contributed by atoms with Gasteiger partial charge in [-0.25, -0.2) is 4.98 Å². The van der Waals surface area contributed by atoms with Crippen molar-refractivity contribution >= 4 is 28.6 Å². The predicted octanol–water partition coefficient (Wildman–Crippen LogP) is 4.72. The van der Waals surface area contributed by atoms with Crippen LogP contribution < -0.4 is 19.5 Å². The lowest BCUT2D eigenvalue weighted by molar-refractivity contribution is -0.137. The van der Waals surface area contributed by atoms with Crippen molar-refractivity contribution in [2.24, 2.45) is 7.05 Å². The van der Waals surface area contributed by atoms with Gasteiger partial charge in [-0.1, -0.05) is 18.2 Å². The first-order chi connectivity index (χ1) is 17.8. The molecule has 0 aliphatic carbocycles. The predicted molar refractivity (Wildman–Crippen MR) is 139 cm³/mol. The van der Waals surface area contributed by atoms with Crippen molar-refractivity contribution < 1.29 is 28.9 Å². The lowest BCUT2D eigenvalue weighted by Gasteiger charge is -2.14. The van der Waals surface area contributed by atoms with Crippen LogP contribution in [0.2, 0.25) is 0 Å². The number of aromatic nitrogens is 2. The van der Waals surface area contributed by atoms with Crippen LogP contribution in [0.4, 0.5) is 5.69 Å². The Morgan fingerprint density at radius 3 is 2.43 bits per heavy atom. The van der Waals surface area contributed by atoms with E-state index in [-0.39, 0.29) is 25.5 Å². The molecule has 0 radical (unpaired) electrons. The molecule has 1 heterocycles. The fourth-order valence-corrected chi connectivity index (χ4v) is 3.88. The smallest absolute Gasteiger partial charge is 0.303 e. The topological polar surface area (TPSA) is 112 Å². The van der Waals surface area contributed by atoms with Crippen LogP contribution in [-0.2, 0) is 36.3 Å². The molecule has 1 aromatic heterocycles. The van der Waals surface area contributed by atoms with Crippen molar-refractivity contribution in [2.75, 3.05) is 12.4 Å². The molecule has 0 atom stereocenters. The minimum Gasteiger partial charge on any atom is -0.497 e. The molecule has 0 unspecified atom stereocenters. The van der Waals surface area contributed by atoms with E-state index in [1.807, 2.05) is 48.0 Å². The third kappa shape index (κ3) is 6.58. The Balaban J connectivity index is 1.49. The molecule has 0 saturated carbocycles. The van der Waals surface area contributed by atoms with E-state index in [4.69, 9.17) is 19.3 Å². The highest BCUT2D eigenvalue weighted by Gasteiger charge is 2.12. The third-order valence-corrected chi connectivity index (χ3v) is 5.86. The molecule has 0 bridgehead atoms. The van der Waals surface area contributed by atoms with Gasteiger partial charge in [-0.3, -0.25) is 9.59 Å². The summed E-state index contributed by atoms with van der Waals surface area (Å²) in [5.74, 6) is 1.63. The number of carbonyl (C=O) groups excluding carboxylic acids is 1. The fourth-order valence-electron chi connectivity index (χ4n) is 3.88. The van der Waals surface area contributed by atoms with Crippen molar-refractivity contribution in [3.05, 3.63) is 77.6 Å². The van der Waals surface area contributed by atoms with Gasteiger partial charge in [-0.05, 0) is 47.9 Å². The van der Waals surface area contributed by atoms with Gasteiger partial charge in [-0.15, -0.1) is 0 Å². The summed E-state index contributed by atoms with van der Waals surface area (Å²) in [4.78, 5) is 27.0. The van der Waals surface area contributed by atoms with Crippen LogP contribution in [0.3, 0.4) is 0 Å². The van der Waals surface area contributed by atoms with Crippen LogP contribution in [-0.4, -0.2) is 33.6 Å². The Morgan fingerprint density at radius 2 is 1.73 bits per heavy atom. The fraction of sp³-hybridized carbons (Fsp3) is 0.250. The molecule has 9 nitrogen and oxygen atoms in total. The lowest BCUT2D eigenvalue weighted by atomic mass is 10.1. The van der Waals surface area contributed by atoms with Gasteiger partial charge in [-0.2, -0.15) is 0 Å². The first-order valence-electron chi connectivity index (χ1n) is 11.8. The molecule has 0 aliphatic rings. The molecule has 0 spiro atoms. The zero-order chi connectivity index (χ0) is 26.4. The SMILES string of the molecule is COc1ccc2nc(COc3ccc(CCC(=O)O)c(OCc4ccc(NC(C)=O)cc4)c3)n(C)c2c1. The number of carboxylic acid groups (broad SMARTS) is 1. The Morgan fingerprint density at radius 1 is 0.973 bits per heavy atom. The molecule has 4 rings (SSSR count). The van der Waals surface area contributed by atoms with Crippen molar-refractivity contribution in [1.29, 1.82) is 0 Å². The van der Waals surface area contributed by atoms with Crippen LogP contribution in [0.5, 0.6) is 17.2 Å². The second kappa shape index (κ2) is 11.5. The van der Waals surface area contributed by atoms with E-state index in [9.17, 15) is 9.59 Å². The second-order valence-electron chi connectivity index (χ2n) is 8.56. The molecule has 3 aromatic carbocycles. The summed E-state index contributed by atoms with van der Waals surface area (Å²) in [5, 5.41) is 11.9. The molecule has 0 saturated heterocycles. The van der Waals surface area contributed by atoms with Crippen LogP contribution in [0.25, 0.3) is 11.0 Å². The number of nitrogens with zero attached hydrogens (tertiary/aromatic N) is 2. The van der Waals surface area contributed by atoms with Crippen molar-refractivity contribution in [3.63, 3.8) is 0 Å². The molecule has 9 heteroatoms. The second-order valence-corrected chi connectivity index (χ2v) is 8.56. The molecule has 0 fully saturated rings. The highest BCUT2D eigenvalue weighted by Crippen LogP contribution is 2.28. The standard InChI is InChI=1S/C28H29N3O6/c1-18(32)29-21-8-4-19(5-9-21)16-37-26-15-23(10-6-20(26)7-13-28(33)34)36-17-27-30-24-12-11-22(35-3)14-25(24)31(27)2/h4-6,8-12,14-15H,7,13,16-17H2,1-3H3,(H,29,32)(H,33,34). The summed E-state index contributed by atoms with van der Waals surface area (Å²) in [6.07, 6.45) is 0.324. The quantitative estimate of drug-likeness (QED) is 0.305. The Kier molecular flexibility index (Phi) is 7.92. The minimum atomic E-state index is -0.877. The molecule has 0 aliphatic heterocycles. The normalized spacial score (nSPS) is 10.8. The minimum absolute atomic E-state index is 0.00863. The number of carboxylic acids is 1. The van der Waals surface area contributed by atoms with Crippen LogP contribution >= 0.6 is 0 Å². The summed E-state index contributed by atoms with van der Waals surface area (Å²) < 4.78 is 19.4. The van der Waals surface area contributed by atoms with Crippen molar-refractivity contribution in [1.82, 2.24) is 9.55 Å². The summed E-state index contributed by atoms with van der Waals surface area (Å²) in [7, 11) is 3.55. The van der Waals surface area contributed by atoms with Gasteiger partial charge in [0.1, 0.15) is 36.3 Å². The molecule has 1 amide bonds. The van der Waals surface area contributed by atoms with Gasteiger partial charge < -0.3 is 29.2 Å². The molecule has 2 N–H and O–H groups in total. The first-order valence-corrected chi connectivity index (χ1v) is 11.8. The van der Waals surface area contributed by atoms with Gasteiger partial charge in [0.2, 0.25) is 5.91 Å². The number of aryl methyl sites for hydroxylation is 2. The van der Waals surface area contributed by atoms with E-state index in [2.05, 4.69) is 10.3 Å². The number of benzene rings is 3. The van der Waals surface area contributed by atoms with Crippen LogP contribution in [0.1, 0.15) is 30.3 Å². The average Bonchev–Trinajstić information content (AvgIpc) is 3.20. The maximum absolute atomic E-state index is 11.2. The monoisotopic (exact) mass is 503 g/mol.